The molecule has 2 aromatic heterocycles. The summed E-state index contributed by atoms with van der Waals surface area (Å²) in [7, 11) is 3.20. The van der Waals surface area contributed by atoms with Gasteiger partial charge in [0.1, 0.15) is 17.9 Å². The number of aromatic amines is 1. The first-order chi connectivity index (χ1) is 13.2. The number of phenols is 1. The number of H-pyrrole nitrogens is 1. The largest absolute Gasteiger partial charge is 0.508 e. The van der Waals surface area contributed by atoms with Crippen LogP contribution in [-0.2, 0) is 6.42 Å². The van der Waals surface area contributed by atoms with Crippen LogP contribution in [0.2, 0.25) is 0 Å². The molecule has 7 nitrogen and oxygen atoms in total. The number of nitrogens with zero attached hydrogens (tertiary/aromatic N) is 2. The lowest BCUT2D eigenvalue weighted by Crippen LogP contribution is -2.07. The summed E-state index contributed by atoms with van der Waals surface area (Å²) in [5.74, 6) is 2.27. The smallest absolute Gasteiger partial charge is 0.162 e. The molecule has 0 aliphatic carbocycles. The van der Waals surface area contributed by atoms with Crippen LogP contribution in [0.5, 0.6) is 17.2 Å². The summed E-state index contributed by atoms with van der Waals surface area (Å²) in [5, 5.41) is 15.0. The predicted molar refractivity (Wildman–Crippen MR) is 105 cm³/mol. The van der Waals surface area contributed by atoms with Gasteiger partial charge in [0, 0.05) is 35.1 Å². The van der Waals surface area contributed by atoms with Crippen molar-refractivity contribution in [1.82, 2.24) is 15.0 Å². The van der Waals surface area contributed by atoms with Crippen LogP contribution in [0.25, 0.3) is 21.8 Å². The second-order valence-electron chi connectivity index (χ2n) is 6.17. The fourth-order valence-electron chi connectivity index (χ4n) is 3.21. The van der Waals surface area contributed by atoms with Crippen LogP contribution in [0.3, 0.4) is 0 Å². The van der Waals surface area contributed by atoms with Gasteiger partial charge in [0.05, 0.1) is 19.7 Å². The number of hydrogen-bond acceptors (Lipinski definition) is 6. The molecule has 0 spiro atoms. The summed E-state index contributed by atoms with van der Waals surface area (Å²) < 4.78 is 10.7. The Bertz CT molecular complexity index is 1110. The number of nitrogens with one attached hydrogen (secondary N) is 2. The minimum atomic E-state index is 0.263. The van der Waals surface area contributed by atoms with E-state index in [0.717, 1.165) is 39.6 Å². The maximum absolute atomic E-state index is 9.72. The van der Waals surface area contributed by atoms with Gasteiger partial charge in [-0.1, -0.05) is 0 Å². The molecule has 0 amide bonds. The monoisotopic (exact) mass is 364 g/mol. The highest BCUT2D eigenvalue weighted by molar-refractivity contribution is 5.91. The fourth-order valence-corrected chi connectivity index (χ4v) is 3.21. The van der Waals surface area contributed by atoms with E-state index in [9.17, 15) is 5.11 Å². The lowest BCUT2D eigenvalue weighted by molar-refractivity contribution is 0.356. The van der Waals surface area contributed by atoms with Crippen LogP contribution < -0.4 is 14.8 Å². The molecule has 4 rings (SSSR count). The average Bonchev–Trinajstić information content (AvgIpc) is 3.09. The number of anilines is 1. The van der Waals surface area contributed by atoms with Gasteiger partial charge >= 0.3 is 0 Å². The Balaban J connectivity index is 1.57. The van der Waals surface area contributed by atoms with Crippen molar-refractivity contribution in [2.24, 2.45) is 0 Å². The second kappa shape index (κ2) is 7.03. The normalized spacial score (nSPS) is 11.0. The number of rotatable bonds is 6. The predicted octanol–water partition coefficient (Wildman–Crippen LogP) is 3.49. The van der Waals surface area contributed by atoms with Gasteiger partial charge in [0.2, 0.25) is 0 Å². The Kier molecular flexibility index (Phi) is 4.42. The number of aromatic hydroxyl groups is 1. The van der Waals surface area contributed by atoms with Crippen LogP contribution in [0.4, 0.5) is 5.82 Å². The molecule has 0 saturated heterocycles. The molecule has 138 valence electrons. The van der Waals surface area contributed by atoms with Gasteiger partial charge in [0.15, 0.2) is 11.5 Å². The highest BCUT2D eigenvalue weighted by atomic mass is 16.5. The third kappa shape index (κ3) is 3.19. The molecule has 0 unspecified atom stereocenters. The summed E-state index contributed by atoms with van der Waals surface area (Å²) in [4.78, 5) is 11.9. The number of phenolic OH excluding ortho intramolecular Hbond substituents is 1. The Morgan fingerprint density at radius 1 is 1.04 bits per heavy atom. The molecular weight excluding hydrogens is 344 g/mol. The second-order valence-corrected chi connectivity index (χ2v) is 6.17. The number of benzene rings is 2. The maximum atomic E-state index is 9.72. The van der Waals surface area contributed by atoms with Gasteiger partial charge in [-0.15, -0.1) is 0 Å². The van der Waals surface area contributed by atoms with E-state index in [-0.39, 0.29) is 5.75 Å². The van der Waals surface area contributed by atoms with Crippen LogP contribution in [-0.4, -0.2) is 40.8 Å². The Labute approximate surface area is 156 Å². The van der Waals surface area contributed by atoms with Crippen molar-refractivity contribution in [3.05, 3.63) is 48.4 Å². The number of fused-ring (bicyclic) bond motifs is 2. The third-order valence-electron chi connectivity index (χ3n) is 4.58. The van der Waals surface area contributed by atoms with E-state index in [2.05, 4.69) is 20.3 Å². The van der Waals surface area contributed by atoms with E-state index in [1.165, 1.54) is 6.33 Å². The summed E-state index contributed by atoms with van der Waals surface area (Å²) in [6.45, 7) is 0.684. The zero-order valence-electron chi connectivity index (χ0n) is 15.1. The maximum Gasteiger partial charge on any atom is 0.162 e. The van der Waals surface area contributed by atoms with Crippen molar-refractivity contribution in [2.75, 3.05) is 26.1 Å². The molecule has 4 aromatic rings. The van der Waals surface area contributed by atoms with Gasteiger partial charge in [-0.2, -0.15) is 0 Å². The average molecular weight is 364 g/mol. The van der Waals surface area contributed by atoms with Gasteiger partial charge in [0.25, 0.3) is 0 Å². The Morgan fingerprint density at radius 2 is 1.85 bits per heavy atom. The topological polar surface area (TPSA) is 92.3 Å². The summed E-state index contributed by atoms with van der Waals surface area (Å²) in [6.07, 6.45) is 4.28. The quantitative estimate of drug-likeness (QED) is 0.485. The van der Waals surface area contributed by atoms with E-state index in [1.54, 1.807) is 26.4 Å². The van der Waals surface area contributed by atoms with E-state index >= 15 is 0 Å². The minimum Gasteiger partial charge on any atom is -0.508 e. The Hall–Kier alpha value is -3.48. The van der Waals surface area contributed by atoms with Gasteiger partial charge in [-0.05, 0) is 36.2 Å². The van der Waals surface area contributed by atoms with Gasteiger partial charge in [-0.25, -0.2) is 9.97 Å². The zero-order valence-corrected chi connectivity index (χ0v) is 15.1. The number of hydrogen-bond donors (Lipinski definition) is 3. The van der Waals surface area contributed by atoms with Crippen LogP contribution in [0.1, 0.15) is 5.56 Å². The molecule has 2 aromatic carbocycles. The summed E-state index contributed by atoms with van der Waals surface area (Å²) in [5.41, 5.74) is 2.92. The van der Waals surface area contributed by atoms with Crippen molar-refractivity contribution >= 4 is 27.6 Å². The third-order valence-corrected chi connectivity index (χ3v) is 4.58. The molecule has 27 heavy (non-hydrogen) atoms. The van der Waals surface area contributed by atoms with E-state index in [1.807, 2.05) is 24.4 Å². The van der Waals surface area contributed by atoms with Crippen molar-refractivity contribution in [3.63, 3.8) is 0 Å². The first kappa shape index (κ1) is 17.0. The first-order valence-corrected chi connectivity index (χ1v) is 8.59. The zero-order chi connectivity index (χ0) is 18.8. The van der Waals surface area contributed by atoms with Crippen molar-refractivity contribution in [3.8, 4) is 17.2 Å². The van der Waals surface area contributed by atoms with Gasteiger partial charge < -0.3 is 24.9 Å². The molecule has 0 atom stereocenters. The molecule has 0 aliphatic rings. The molecule has 0 fully saturated rings. The number of methoxy groups -OCH3 is 2. The number of aromatic nitrogens is 3. The molecule has 3 N–H and O–H groups in total. The van der Waals surface area contributed by atoms with Crippen LogP contribution >= 0.6 is 0 Å². The van der Waals surface area contributed by atoms with E-state index in [0.29, 0.717) is 18.0 Å². The number of ether oxygens (including phenoxy) is 2. The lowest BCUT2D eigenvalue weighted by atomic mass is 10.1. The lowest BCUT2D eigenvalue weighted by Gasteiger charge is -2.12. The molecule has 7 heteroatoms. The van der Waals surface area contributed by atoms with Crippen molar-refractivity contribution < 1.29 is 14.6 Å². The fraction of sp³-hybridized carbons (Fsp3) is 0.200. The van der Waals surface area contributed by atoms with Crippen LogP contribution in [0, 0.1) is 0 Å². The molecular formula is C20H20N4O3. The molecule has 2 heterocycles. The molecule has 0 saturated carbocycles. The summed E-state index contributed by atoms with van der Waals surface area (Å²) in [6, 6.07) is 9.04. The minimum absolute atomic E-state index is 0.263. The van der Waals surface area contributed by atoms with E-state index in [4.69, 9.17) is 9.47 Å². The first-order valence-electron chi connectivity index (χ1n) is 8.59. The van der Waals surface area contributed by atoms with E-state index < -0.39 is 0 Å². The molecule has 0 aliphatic heterocycles. The SMILES string of the molecule is COc1cc2ncnc(NCCc3c[nH]c4ccc(O)cc34)c2cc1OC. The van der Waals surface area contributed by atoms with Crippen LogP contribution in [0.15, 0.2) is 42.9 Å². The van der Waals surface area contributed by atoms with Crippen molar-refractivity contribution in [2.45, 2.75) is 6.42 Å². The highest BCUT2D eigenvalue weighted by Crippen LogP contribution is 2.33. The van der Waals surface area contributed by atoms with Crippen molar-refractivity contribution in [1.29, 1.82) is 0 Å². The summed E-state index contributed by atoms with van der Waals surface area (Å²) >= 11 is 0. The Morgan fingerprint density at radius 3 is 2.67 bits per heavy atom. The standard InChI is InChI=1S/C20H20N4O3/c1-26-18-8-15-17(9-19(18)27-2)23-11-24-20(15)21-6-5-12-10-22-16-4-3-13(25)7-14(12)16/h3-4,7-11,22,25H,5-6H2,1-2H3,(H,21,23,24). The molecule has 0 bridgehead atoms. The molecule has 0 radical (unpaired) electrons. The van der Waals surface area contributed by atoms with Gasteiger partial charge in [-0.3, -0.25) is 0 Å². The highest BCUT2D eigenvalue weighted by Gasteiger charge is 2.11.